The van der Waals surface area contributed by atoms with Crippen LogP contribution in [0, 0.1) is 0 Å². The highest BCUT2D eigenvalue weighted by molar-refractivity contribution is 5.83. The molecule has 0 saturated heterocycles. The first kappa shape index (κ1) is 13.6. The van der Waals surface area contributed by atoms with Crippen LogP contribution in [-0.4, -0.2) is 16.6 Å². The minimum Gasteiger partial charge on any atom is -0.477 e. The number of rotatable bonds is 5. The maximum atomic E-state index is 5.66. The summed E-state index contributed by atoms with van der Waals surface area (Å²) < 4.78 is 5.66. The molecule has 3 nitrogen and oxygen atoms in total. The quantitative estimate of drug-likeness (QED) is 0.711. The first-order valence-corrected chi connectivity index (χ1v) is 7.29. The molecule has 0 aliphatic rings. The minimum atomic E-state index is 0.610. The molecular formula is C18H18N2O. The second kappa shape index (κ2) is 6.35. The molecule has 106 valence electrons. The van der Waals surface area contributed by atoms with Crippen molar-refractivity contribution < 1.29 is 4.74 Å². The van der Waals surface area contributed by atoms with Crippen molar-refractivity contribution in [2.45, 2.75) is 19.8 Å². The van der Waals surface area contributed by atoms with E-state index in [2.05, 4.69) is 34.2 Å². The van der Waals surface area contributed by atoms with Gasteiger partial charge in [-0.15, -0.1) is 0 Å². The van der Waals surface area contributed by atoms with E-state index in [1.54, 1.807) is 0 Å². The van der Waals surface area contributed by atoms with Gasteiger partial charge in [0.15, 0.2) is 0 Å². The first-order chi connectivity index (χ1) is 10.4. The van der Waals surface area contributed by atoms with E-state index in [-0.39, 0.29) is 0 Å². The zero-order valence-electron chi connectivity index (χ0n) is 12.1. The smallest absolute Gasteiger partial charge is 0.224 e. The van der Waals surface area contributed by atoms with Gasteiger partial charge in [-0.25, -0.2) is 4.98 Å². The van der Waals surface area contributed by atoms with Gasteiger partial charge in [0, 0.05) is 6.42 Å². The normalized spacial score (nSPS) is 10.7. The van der Waals surface area contributed by atoms with Gasteiger partial charge in [0.25, 0.3) is 0 Å². The van der Waals surface area contributed by atoms with Gasteiger partial charge in [0.1, 0.15) is 5.82 Å². The third-order valence-corrected chi connectivity index (χ3v) is 3.38. The molecule has 0 spiro atoms. The van der Waals surface area contributed by atoms with Gasteiger partial charge in [-0.1, -0.05) is 42.5 Å². The average Bonchev–Trinajstić information content (AvgIpc) is 2.54. The number of hydrogen-bond donors (Lipinski definition) is 0. The molecule has 3 rings (SSSR count). The number of ether oxygens (including phenoxy) is 1. The van der Waals surface area contributed by atoms with Crippen LogP contribution < -0.4 is 4.74 Å². The van der Waals surface area contributed by atoms with Crippen molar-refractivity contribution in [2.75, 3.05) is 6.61 Å². The van der Waals surface area contributed by atoms with E-state index in [0.717, 1.165) is 29.6 Å². The second-order valence-corrected chi connectivity index (χ2v) is 4.88. The number of hydrogen-bond acceptors (Lipinski definition) is 3. The lowest BCUT2D eigenvalue weighted by Gasteiger charge is -2.08. The first-order valence-electron chi connectivity index (χ1n) is 7.29. The van der Waals surface area contributed by atoms with Crippen LogP contribution in [0.2, 0.25) is 0 Å². The Kier molecular flexibility index (Phi) is 4.10. The van der Waals surface area contributed by atoms with Gasteiger partial charge < -0.3 is 4.74 Å². The zero-order chi connectivity index (χ0) is 14.5. The van der Waals surface area contributed by atoms with Gasteiger partial charge in [0.2, 0.25) is 5.88 Å². The molecule has 0 N–H and O–H groups in total. The van der Waals surface area contributed by atoms with Crippen molar-refractivity contribution in [1.82, 2.24) is 9.97 Å². The predicted molar refractivity (Wildman–Crippen MR) is 84.6 cm³/mol. The molecular weight excluding hydrogens is 260 g/mol. The number of para-hydroxylation sites is 1. The molecule has 0 atom stereocenters. The van der Waals surface area contributed by atoms with E-state index in [1.807, 2.05) is 37.3 Å². The molecule has 3 aromatic rings. The van der Waals surface area contributed by atoms with E-state index in [1.165, 1.54) is 5.56 Å². The summed E-state index contributed by atoms with van der Waals surface area (Å²) in [6.07, 6.45) is 1.75. The van der Waals surface area contributed by atoms with Gasteiger partial charge >= 0.3 is 0 Å². The highest BCUT2D eigenvalue weighted by Gasteiger charge is 2.08. The maximum absolute atomic E-state index is 5.66. The molecule has 3 heteroatoms. The molecule has 0 radical (unpaired) electrons. The summed E-state index contributed by atoms with van der Waals surface area (Å²) in [7, 11) is 0. The third-order valence-electron chi connectivity index (χ3n) is 3.38. The summed E-state index contributed by atoms with van der Waals surface area (Å²) in [5.41, 5.74) is 2.24. The number of aryl methyl sites for hydroxylation is 2. The van der Waals surface area contributed by atoms with Crippen molar-refractivity contribution in [3.8, 4) is 5.88 Å². The summed E-state index contributed by atoms with van der Waals surface area (Å²) in [6.45, 7) is 2.58. The Morgan fingerprint density at radius 1 is 0.857 bits per heavy atom. The number of benzene rings is 2. The van der Waals surface area contributed by atoms with Crippen molar-refractivity contribution in [3.63, 3.8) is 0 Å². The highest BCUT2D eigenvalue weighted by Crippen LogP contribution is 2.22. The van der Waals surface area contributed by atoms with Gasteiger partial charge in [-0.3, -0.25) is 0 Å². The highest BCUT2D eigenvalue weighted by atomic mass is 16.5. The van der Waals surface area contributed by atoms with Crippen LogP contribution in [0.3, 0.4) is 0 Å². The fourth-order valence-corrected chi connectivity index (χ4v) is 2.35. The van der Waals surface area contributed by atoms with Crippen LogP contribution in [0.5, 0.6) is 5.88 Å². The molecule has 0 bridgehead atoms. The van der Waals surface area contributed by atoms with Crippen molar-refractivity contribution >= 4 is 10.9 Å². The molecule has 0 aliphatic heterocycles. The number of fused-ring (bicyclic) bond motifs is 1. The van der Waals surface area contributed by atoms with Crippen LogP contribution >= 0.6 is 0 Å². The fraction of sp³-hybridized carbons (Fsp3) is 0.222. The van der Waals surface area contributed by atoms with Crippen LogP contribution in [0.25, 0.3) is 10.9 Å². The lowest BCUT2D eigenvalue weighted by atomic mass is 10.1. The van der Waals surface area contributed by atoms with E-state index >= 15 is 0 Å². The van der Waals surface area contributed by atoms with Crippen LogP contribution in [-0.2, 0) is 12.8 Å². The molecule has 1 heterocycles. The van der Waals surface area contributed by atoms with Gasteiger partial charge in [-0.05, 0) is 31.0 Å². The lowest BCUT2D eigenvalue weighted by Crippen LogP contribution is -2.03. The summed E-state index contributed by atoms with van der Waals surface area (Å²) in [6, 6.07) is 18.4. The Hall–Kier alpha value is -2.42. The summed E-state index contributed by atoms with van der Waals surface area (Å²) in [5, 5.41) is 0.975. The Morgan fingerprint density at radius 3 is 2.43 bits per heavy atom. The lowest BCUT2D eigenvalue weighted by molar-refractivity contribution is 0.329. The monoisotopic (exact) mass is 278 g/mol. The molecule has 2 aromatic carbocycles. The van der Waals surface area contributed by atoms with Crippen molar-refractivity contribution in [2.24, 2.45) is 0 Å². The number of aromatic nitrogens is 2. The topological polar surface area (TPSA) is 35.0 Å². The van der Waals surface area contributed by atoms with Crippen molar-refractivity contribution in [1.29, 1.82) is 0 Å². The molecule has 0 saturated carbocycles. The standard InChI is InChI=1S/C18H18N2O/c1-2-21-18-15-10-6-7-11-16(15)19-17(20-18)13-12-14-8-4-3-5-9-14/h3-11H,2,12-13H2,1H3. The molecule has 21 heavy (non-hydrogen) atoms. The molecule has 0 fully saturated rings. The summed E-state index contributed by atoms with van der Waals surface area (Å²) >= 11 is 0. The molecule has 0 unspecified atom stereocenters. The van der Waals surface area contributed by atoms with E-state index in [9.17, 15) is 0 Å². The minimum absolute atomic E-state index is 0.610. The Balaban J connectivity index is 1.88. The van der Waals surface area contributed by atoms with Crippen LogP contribution in [0.1, 0.15) is 18.3 Å². The van der Waals surface area contributed by atoms with Crippen molar-refractivity contribution in [3.05, 3.63) is 66.0 Å². The van der Waals surface area contributed by atoms with Crippen LogP contribution in [0.15, 0.2) is 54.6 Å². The maximum Gasteiger partial charge on any atom is 0.224 e. The SMILES string of the molecule is CCOc1nc(CCc2ccccc2)nc2ccccc12. The summed E-state index contributed by atoms with van der Waals surface area (Å²) in [5.74, 6) is 1.52. The Morgan fingerprint density at radius 2 is 1.62 bits per heavy atom. The second-order valence-electron chi connectivity index (χ2n) is 4.88. The zero-order valence-corrected chi connectivity index (χ0v) is 12.1. The van der Waals surface area contributed by atoms with E-state index in [0.29, 0.717) is 12.5 Å². The molecule has 0 amide bonds. The molecule has 0 aliphatic carbocycles. The van der Waals surface area contributed by atoms with Gasteiger partial charge in [-0.2, -0.15) is 4.98 Å². The largest absolute Gasteiger partial charge is 0.477 e. The average molecular weight is 278 g/mol. The van der Waals surface area contributed by atoms with E-state index in [4.69, 9.17) is 4.74 Å². The third kappa shape index (κ3) is 3.19. The number of nitrogens with zero attached hydrogens (tertiary/aromatic N) is 2. The Bertz CT molecular complexity index is 726. The fourth-order valence-electron chi connectivity index (χ4n) is 2.35. The van der Waals surface area contributed by atoms with Crippen LogP contribution in [0.4, 0.5) is 0 Å². The van der Waals surface area contributed by atoms with E-state index < -0.39 is 0 Å². The van der Waals surface area contributed by atoms with Gasteiger partial charge in [0.05, 0.1) is 17.5 Å². The summed E-state index contributed by atoms with van der Waals surface area (Å²) in [4.78, 5) is 9.21. The molecule has 1 aromatic heterocycles. The Labute approximate surface area is 124 Å². The predicted octanol–water partition coefficient (Wildman–Crippen LogP) is 3.81.